The average Bonchev–Trinajstić information content (AvgIpc) is 3.32. The van der Waals surface area contributed by atoms with Crippen LogP contribution >= 0.6 is 0 Å². The minimum absolute atomic E-state index is 0.0352. The van der Waals surface area contributed by atoms with E-state index >= 15 is 0 Å². The van der Waals surface area contributed by atoms with Crippen LogP contribution in [-0.2, 0) is 22.5 Å². The van der Waals surface area contributed by atoms with E-state index in [0.29, 0.717) is 25.6 Å². The van der Waals surface area contributed by atoms with Crippen molar-refractivity contribution >= 4 is 5.91 Å². The second kappa shape index (κ2) is 11.6. The highest BCUT2D eigenvalue weighted by molar-refractivity contribution is 5.78. The number of hydrogen-bond acceptors (Lipinski definition) is 5. The first-order chi connectivity index (χ1) is 16.2. The zero-order chi connectivity index (χ0) is 22.9. The lowest BCUT2D eigenvalue weighted by Crippen LogP contribution is -2.38. The van der Waals surface area contributed by atoms with Gasteiger partial charge in [-0.2, -0.15) is 5.10 Å². The predicted molar refractivity (Wildman–Crippen MR) is 128 cm³/mol. The molecule has 0 spiro atoms. The third-order valence-corrected chi connectivity index (χ3v) is 5.94. The maximum atomic E-state index is 12.4. The molecule has 174 valence electrons. The molecule has 3 aromatic rings. The largest absolute Gasteiger partial charge is 0.492 e. The fraction of sp³-hybridized carbons (Fsp3) is 0.385. The van der Waals surface area contributed by atoms with E-state index in [1.165, 1.54) is 0 Å². The zero-order valence-corrected chi connectivity index (χ0v) is 19.2. The van der Waals surface area contributed by atoms with Gasteiger partial charge in [0.15, 0.2) is 0 Å². The van der Waals surface area contributed by atoms with Crippen LogP contribution in [0.2, 0.25) is 0 Å². The molecule has 7 nitrogen and oxygen atoms in total. The van der Waals surface area contributed by atoms with Gasteiger partial charge in [0.25, 0.3) is 0 Å². The lowest BCUT2D eigenvalue weighted by Gasteiger charge is -2.31. The Morgan fingerprint density at radius 1 is 1.15 bits per heavy atom. The van der Waals surface area contributed by atoms with Gasteiger partial charge >= 0.3 is 0 Å². The van der Waals surface area contributed by atoms with Crippen molar-refractivity contribution in [2.75, 3.05) is 33.4 Å². The summed E-state index contributed by atoms with van der Waals surface area (Å²) in [5.41, 5.74) is 2.86. The van der Waals surface area contributed by atoms with Crippen molar-refractivity contribution in [3.8, 4) is 11.4 Å². The third kappa shape index (κ3) is 6.91. The highest BCUT2D eigenvalue weighted by atomic mass is 16.5. The van der Waals surface area contributed by atoms with Crippen molar-refractivity contribution in [1.29, 1.82) is 0 Å². The Kier molecular flexibility index (Phi) is 8.11. The van der Waals surface area contributed by atoms with Crippen LogP contribution in [-0.4, -0.2) is 60.0 Å². The molecule has 1 fully saturated rings. The van der Waals surface area contributed by atoms with Gasteiger partial charge in [-0.15, -0.1) is 0 Å². The van der Waals surface area contributed by atoms with Gasteiger partial charge in [-0.25, -0.2) is 4.68 Å². The normalized spacial score (nSPS) is 14.4. The Morgan fingerprint density at radius 2 is 1.97 bits per heavy atom. The number of aromatic nitrogens is 2. The number of ether oxygens (including phenoxy) is 2. The first-order valence-corrected chi connectivity index (χ1v) is 11.5. The second-order valence-corrected chi connectivity index (χ2v) is 8.40. The molecule has 0 aliphatic carbocycles. The lowest BCUT2D eigenvalue weighted by atomic mass is 10.1. The lowest BCUT2D eigenvalue weighted by molar-refractivity contribution is -0.120. The molecule has 33 heavy (non-hydrogen) atoms. The van der Waals surface area contributed by atoms with Gasteiger partial charge in [-0.05, 0) is 55.3 Å². The van der Waals surface area contributed by atoms with E-state index < -0.39 is 0 Å². The molecule has 0 atom stereocenters. The number of para-hydroxylation sites is 1. The molecule has 1 aliphatic rings. The summed E-state index contributed by atoms with van der Waals surface area (Å²) >= 11 is 0. The van der Waals surface area contributed by atoms with Crippen molar-refractivity contribution in [2.45, 2.75) is 31.8 Å². The van der Waals surface area contributed by atoms with Crippen molar-refractivity contribution in [2.24, 2.45) is 0 Å². The maximum absolute atomic E-state index is 12.4. The molecule has 1 saturated heterocycles. The van der Waals surface area contributed by atoms with Gasteiger partial charge < -0.3 is 14.8 Å². The molecule has 1 aliphatic heterocycles. The van der Waals surface area contributed by atoms with Gasteiger partial charge in [0.05, 0.1) is 18.3 Å². The number of carbonyl (C=O) groups is 1. The van der Waals surface area contributed by atoms with Crippen molar-refractivity contribution in [1.82, 2.24) is 20.0 Å². The van der Waals surface area contributed by atoms with Gasteiger partial charge in [0.2, 0.25) is 5.91 Å². The van der Waals surface area contributed by atoms with Crippen molar-refractivity contribution in [3.63, 3.8) is 0 Å². The van der Waals surface area contributed by atoms with E-state index in [9.17, 15) is 4.79 Å². The molecule has 2 heterocycles. The summed E-state index contributed by atoms with van der Waals surface area (Å²) in [6, 6.07) is 18.3. The zero-order valence-electron chi connectivity index (χ0n) is 19.2. The number of benzene rings is 2. The average molecular weight is 449 g/mol. The summed E-state index contributed by atoms with van der Waals surface area (Å²) in [5.74, 6) is 0.790. The molecular weight excluding hydrogens is 416 g/mol. The van der Waals surface area contributed by atoms with E-state index in [2.05, 4.69) is 22.4 Å². The smallest absolute Gasteiger partial charge is 0.224 e. The number of amides is 1. The molecular formula is C26H32N4O3. The Balaban J connectivity index is 1.21. The fourth-order valence-corrected chi connectivity index (χ4v) is 3.98. The van der Waals surface area contributed by atoms with Gasteiger partial charge in [0, 0.05) is 38.5 Å². The molecule has 0 unspecified atom stereocenters. The molecule has 1 N–H and O–H groups in total. The molecule has 0 bridgehead atoms. The van der Waals surface area contributed by atoms with Crippen LogP contribution in [0.4, 0.5) is 0 Å². The minimum atomic E-state index is -0.0352. The number of nitrogens with zero attached hydrogens (tertiary/aromatic N) is 3. The first kappa shape index (κ1) is 23.0. The SMILES string of the molecule is CN(CCOc1cccc(CNC(=O)Cc2cnn(-c3ccccc3)c2)c1)C1CCOCC1. The summed E-state index contributed by atoms with van der Waals surface area (Å²) in [6.45, 7) is 3.67. The predicted octanol–water partition coefficient (Wildman–Crippen LogP) is 3.22. The Morgan fingerprint density at radius 3 is 2.79 bits per heavy atom. The molecule has 1 amide bonds. The number of nitrogens with one attached hydrogen (secondary N) is 1. The third-order valence-electron chi connectivity index (χ3n) is 5.94. The van der Waals surface area contributed by atoms with E-state index in [-0.39, 0.29) is 5.91 Å². The molecule has 0 saturated carbocycles. The van der Waals surface area contributed by atoms with E-state index in [4.69, 9.17) is 9.47 Å². The monoisotopic (exact) mass is 448 g/mol. The molecule has 2 aromatic carbocycles. The number of hydrogen-bond donors (Lipinski definition) is 1. The van der Waals surface area contributed by atoms with Crippen LogP contribution in [0.15, 0.2) is 67.0 Å². The van der Waals surface area contributed by atoms with Crippen LogP contribution in [0, 0.1) is 0 Å². The topological polar surface area (TPSA) is 68.6 Å². The van der Waals surface area contributed by atoms with Crippen LogP contribution in [0.25, 0.3) is 5.69 Å². The van der Waals surface area contributed by atoms with Gasteiger partial charge in [0.1, 0.15) is 12.4 Å². The molecule has 7 heteroatoms. The Labute approximate surface area is 195 Å². The summed E-state index contributed by atoms with van der Waals surface area (Å²) in [5, 5.41) is 7.34. The Bertz CT molecular complexity index is 1020. The quantitative estimate of drug-likeness (QED) is 0.516. The highest BCUT2D eigenvalue weighted by Gasteiger charge is 2.18. The Hall–Kier alpha value is -3.16. The summed E-state index contributed by atoms with van der Waals surface area (Å²) in [7, 11) is 2.15. The standard InChI is InChI=1S/C26H32N4O3/c1-29(23-10-13-32-14-11-23)12-15-33-25-9-5-6-21(16-25)18-27-26(31)17-22-19-28-30(20-22)24-7-3-2-4-8-24/h2-9,16,19-20,23H,10-15,17-18H2,1H3,(H,27,31). The summed E-state index contributed by atoms with van der Waals surface area (Å²) < 4.78 is 13.2. The number of rotatable bonds is 10. The van der Waals surface area contributed by atoms with E-state index in [1.54, 1.807) is 10.9 Å². The molecule has 0 radical (unpaired) electrons. The first-order valence-electron chi connectivity index (χ1n) is 11.5. The fourth-order valence-electron chi connectivity index (χ4n) is 3.98. The van der Waals surface area contributed by atoms with Crippen LogP contribution in [0.3, 0.4) is 0 Å². The highest BCUT2D eigenvalue weighted by Crippen LogP contribution is 2.15. The summed E-state index contributed by atoms with van der Waals surface area (Å²) in [4.78, 5) is 14.8. The van der Waals surface area contributed by atoms with Crippen LogP contribution < -0.4 is 10.1 Å². The molecule has 4 rings (SSSR count). The van der Waals surface area contributed by atoms with Crippen LogP contribution in [0.1, 0.15) is 24.0 Å². The van der Waals surface area contributed by atoms with Gasteiger partial charge in [-0.3, -0.25) is 9.69 Å². The van der Waals surface area contributed by atoms with E-state index in [0.717, 1.165) is 55.2 Å². The van der Waals surface area contributed by atoms with E-state index in [1.807, 2.05) is 60.8 Å². The number of likely N-dealkylation sites (N-methyl/N-ethyl adjacent to an activating group) is 1. The van der Waals surface area contributed by atoms with Gasteiger partial charge in [-0.1, -0.05) is 30.3 Å². The minimum Gasteiger partial charge on any atom is -0.492 e. The van der Waals surface area contributed by atoms with Crippen molar-refractivity contribution in [3.05, 3.63) is 78.1 Å². The second-order valence-electron chi connectivity index (χ2n) is 8.40. The van der Waals surface area contributed by atoms with Crippen LogP contribution in [0.5, 0.6) is 5.75 Å². The summed E-state index contributed by atoms with van der Waals surface area (Å²) in [6.07, 6.45) is 6.08. The maximum Gasteiger partial charge on any atom is 0.224 e. The van der Waals surface area contributed by atoms with Crippen molar-refractivity contribution < 1.29 is 14.3 Å². The molecule has 1 aromatic heterocycles. The number of carbonyl (C=O) groups excluding carboxylic acids is 1.